The maximum atomic E-state index is 13.1. The number of rotatable bonds is 5. The van der Waals surface area contributed by atoms with Crippen molar-refractivity contribution in [3.63, 3.8) is 0 Å². The van der Waals surface area contributed by atoms with Gasteiger partial charge in [0.25, 0.3) is 5.91 Å². The van der Waals surface area contributed by atoms with E-state index in [1.165, 1.54) is 9.80 Å². The lowest BCUT2D eigenvalue weighted by Crippen LogP contribution is -3.12. The third-order valence-corrected chi connectivity index (χ3v) is 6.61. The molecule has 3 aliphatic rings. The number of imide groups is 1. The first kappa shape index (κ1) is 19.1. The number of nitrogens with zero attached hydrogens (tertiary/aromatic N) is 1. The van der Waals surface area contributed by atoms with Crippen LogP contribution in [-0.4, -0.2) is 49.8 Å². The highest BCUT2D eigenvalue weighted by Crippen LogP contribution is 2.34. The zero-order valence-electron chi connectivity index (χ0n) is 16.8. The summed E-state index contributed by atoms with van der Waals surface area (Å²) in [6, 6.07) is 5.77. The Hall–Kier alpha value is -2.28. The van der Waals surface area contributed by atoms with Crippen LogP contribution in [0.5, 0.6) is 11.5 Å². The molecular weight excluding hydrogens is 358 g/mol. The fraction of sp³-hybridized carbons (Fsp3) is 0.619. The molecule has 1 aliphatic carbocycles. The average Bonchev–Trinajstić information content (AvgIpc) is 3.27. The predicted octanol–water partition coefficient (Wildman–Crippen LogP) is 1.64. The van der Waals surface area contributed by atoms with Gasteiger partial charge in [-0.2, -0.15) is 0 Å². The Kier molecular flexibility index (Phi) is 5.19. The number of hydrogen-bond donors (Lipinski definition) is 2. The number of quaternary nitrogens is 1. The molecule has 1 aromatic carbocycles. The largest absolute Gasteiger partial charge is 0.497 e. The lowest BCUT2D eigenvalue weighted by atomic mass is 9.82. The Labute approximate surface area is 166 Å². The fourth-order valence-electron chi connectivity index (χ4n) is 5.11. The maximum Gasteiger partial charge on any atom is 0.329 e. The molecule has 7 heteroatoms. The third-order valence-electron chi connectivity index (χ3n) is 6.61. The van der Waals surface area contributed by atoms with Gasteiger partial charge in [-0.1, -0.05) is 19.3 Å². The van der Waals surface area contributed by atoms with Crippen molar-refractivity contribution < 1.29 is 24.0 Å². The Morgan fingerprint density at radius 1 is 1.14 bits per heavy atom. The van der Waals surface area contributed by atoms with E-state index < -0.39 is 5.54 Å². The number of urea groups is 1. The van der Waals surface area contributed by atoms with E-state index in [2.05, 4.69) is 5.32 Å². The van der Waals surface area contributed by atoms with Crippen molar-refractivity contribution in [2.75, 3.05) is 27.4 Å². The van der Waals surface area contributed by atoms with Crippen LogP contribution in [-0.2, 0) is 4.79 Å². The lowest BCUT2D eigenvalue weighted by molar-refractivity contribution is -0.925. The van der Waals surface area contributed by atoms with E-state index in [9.17, 15) is 9.59 Å². The molecule has 1 unspecified atom stereocenters. The summed E-state index contributed by atoms with van der Waals surface area (Å²) in [5, 5.41) is 3.02. The van der Waals surface area contributed by atoms with E-state index in [1.54, 1.807) is 14.2 Å². The van der Waals surface area contributed by atoms with Crippen LogP contribution in [0.4, 0.5) is 4.79 Å². The molecule has 2 aliphatic heterocycles. The van der Waals surface area contributed by atoms with E-state index in [1.807, 2.05) is 18.2 Å². The molecule has 0 bridgehead atoms. The van der Waals surface area contributed by atoms with Gasteiger partial charge < -0.3 is 19.7 Å². The van der Waals surface area contributed by atoms with Crippen LogP contribution < -0.4 is 19.7 Å². The van der Waals surface area contributed by atoms with Crippen molar-refractivity contribution in [3.8, 4) is 11.5 Å². The van der Waals surface area contributed by atoms with Crippen LogP contribution in [0.15, 0.2) is 18.2 Å². The van der Waals surface area contributed by atoms with Gasteiger partial charge in [0.15, 0.2) is 6.67 Å². The molecule has 7 nitrogen and oxygen atoms in total. The minimum absolute atomic E-state index is 0.0343. The number of methoxy groups -OCH3 is 2. The number of hydrogen-bond acceptors (Lipinski definition) is 4. The van der Waals surface area contributed by atoms with Crippen LogP contribution in [0.2, 0.25) is 0 Å². The zero-order chi connectivity index (χ0) is 19.7. The van der Waals surface area contributed by atoms with Gasteiger partial charge in [0.2, 0.25) is 0 Å². The van der Waals surface area contributed by atoms with Gasteiger partial charge in [-0.25, -0.2) is 9.69 Å². The topological polar surface area (TPSA) is 72.3 Å². The number of benzene rings is 1. The number of ether oxygens (including phenoxy) is 2. The molecule has 152 valence electrons. The first-order valence-corrected chi connectivity index (χ1v) is 10.3. The molecule has 4 rings (SSSR count). The highest BCUT2D eigenvalue weighted by atomic mass is 16.5. The van der Waals surface area contributed by atoms with Gasteiger partial charge in [-0.3, -0.25) is 4.79 Å². The molecule has 2 heterocycles. The maximum absolute atomic E-state index is 13.1. The van der Waals surface area contributed by atoms with Gasteiger partial charge in [0.05, 0.1) is 26.3 Å². The third kappa shape index (κ3) is 3.21. The van der Waals surface area contributed by atoms with Crippen LogP contribution >= 0.6 is 0 Å². The lowest BCUT2D eigenvalue weighted by Gasteiger charge is -2.31. The minimum atomic E-state index is -0.655. The smallest absolute Gasteiger partial charge is 0.329 e. The molecule has 2 atom stereocenters. The summed E-state index contributed by atoms with van der Waals surface area (Å²) in [4.78, 5) is 28.5. The summed E-state index contributed by atoms with van der Waals surface area (Å²) in [6.07, 6.45) is 6.70. The van der Waals surface area contributed by atoms with Gasteiger partial charge in [0, 0.05) is 12.8 Å². The second kappa shape index (κ2) is 7.62. The Morgan fingerprint density at radius 3 is 2.64 bits per heavy atom. The molecule has 1 aromatic rings. The Bertz CT molecular complexity index is 760. The van der Waals surface area contributed by atoms with E-state index in [4.69, 9.17) is 9.47 Å². The molecule has 2 N–H and O–H groups in total. The first-order chi connectivity index (χ1) is 13.6. The van der Waals surface area contributed by atoms with E-state index >= 15 is 0 Å². The quantitative estimate of drug-likeness (QED) is 0.752. The molecule has 0 aromatic heterocycles. The standard InChI is InChI=1S/C21H29N3O4/c1-27-15-8-9-18(28-2)16(13-15)17-7-6-12-23(17)14-24-19(25)21(22-20(24)26)10-4-3-5-11-21/h8-9,13,17H,3-7,10-12,14H2,1-2H3,(H,22,26)/p+1/t17-/m0/s1. The zero-order valence-corrected chi connectivity index (χ0v) is 16.8. The number of carbonyl (C=O) groups is 2. The van der Waals surface area contributed by atoms with Crippen molar-refractivity contribution in [2.24, 2.45) is 0 Å². The summed E-state index contributed by atoms with van der Waals surface area (Å²) >= 11 is 0. The number of amides is 3. The van der Waals surface area contributed by atoms with Crippen molar-refractivity contribution in [1.82, 2.24) is 10.2 Å². The van der Waals surface area contributed by atoms with Crippen molar-refractivity contribution >= 4 is 11.9 Å². The van der Waals surface area contributed by atoms with Gasteiger partial charge in [-0.05, 0) is 31.0 Å². The van der Waals surface area contributed by atoms with Crippen LogP contribution in [0.1, 0.15) is 56.6 Å². The second-order valence-electron chi connectivity index (χ2n) is 8.18. The van der Waals surface area contributed by atoms with E-state index in [-0.39, 0.29) is 18.0 Å². The van der Waals surface area contributed by atoms with Crippen LogP contribution in [0, 0.1) is 0 Å². The Balaban J connectivity index is 1.55. The van der Waals surface area contributed by atoms with E-state index in [0.717, 1.165) is 68.6 Å². The first-order valence-electron chi connectivity index (χ1n) is 10.3. The molecule has 28 heavy (non-hydrogen) atoms. The minimum Gasteiger partial charge on any atom is -0.497 e. The predicted molar refractivity (Wildman–Crippen MR) is 103 cm³/mol. The number of nitrogens with one attached hydrogen (secondary N) is 2. The SMILES string of the molecule is COc1ccc(OC)c([C@@H]2CCC[NH+]2CN2C(=O)NC3(CCCCC3)C2=O)c1. The molecule has 3 amide bonds. The van der Waals surface area contributed by atoms with E-state index in [0.29, 0.717) is 6.67 Å². The highest BCUT2D eigenvalue weighted by molar-refractivity contribution is 6.06. The monoisotopic (exact) mass is 388 g/mol. The second-order valence-corrected chi connectivity index (χ2v) is 8.18. The molecule has 1 saturated carbocycles. The molecule has 0 radical (unpaired) electrons. The van der Waals surface area contributed by atoms with Crippen LogP contribution in [0.3, 0.4) is 0 Å². The summed E-state index contributed by atoms with van der Waals surface area (Å²) < 4.78 is 11.0. The van der Waals surface area contributed by atoms with Crippen LogP contribution in [0.25, 0.3) is 0 Å². The Morgan fingerprint density at radius 2 is 1.93 bits per heavy atom. The molecular formula is C21H30N3O4+. The highest BCUT2D eigenvalue weighted by Gasteiger charge is 2.53. The summed E-state index contributed by atoms with van der Waals surface area (Å²) in [5.41, 5.74) is 0.422. The van der Waals surface area contributed by atoms with Crippen molar-refractivity contribution in [2.45, 2.75) is 56.5 Å². The molecule has 1 spiro atoms. The van der Waals surface area contributed by atoms with Gasteiger partial charge >= 0.3 is 6.03 Å². The van der Waals surface area contributed by atoms with Gasteiger partial charge in [0.1, 0.15) is 23.1 Å². The summed E-state index contributed by atoms with van der Waals surface area (Å²) in [7, 11) is 3.33. The van der Waals surface area contributed by atoms with Gasteiger partial charge in [-0.15, -0.1) is 0 Å². The fourth-order valence-corrected chi connectivity index (χ4v) is 5.11. The number of carbonyl (C=O) groups excluding carboxylic acids is 2. The average molecular weight is 388 g/mol. The number of likely N-dealkylation sites (tertiary alicyclic amines) is 1. The van der Waals surface area contributed by atoms with Crippen molar-refractivity contribution in [1.29, 1.82) is 0 Å². The van der Waals surface area contributed by atoms with Crippen molar-refractivity contribution in [3.05, 3.63) is 23.8 Å². The summed E-state index contributed by atoms with van der Waals surface area (Å²) in [6.45, 7) is 1.33. The molecule has 2 saturated heterocycles. The molecule has 3 fully saturated rings. The normalized spacial score (nSPS) is 26.6. The summed E-state index contributed by atoms with van der Waals surface area (Å²) in [5.74, 6) is 1.58.